The summed E-state index contributed by atoms with van der Waals surface area (Å²) in [4.78, 5) is 14.1. The Morgan fingerprint density at radius 1 is 1.53 bits per heavy atom. The van der Waals surface area contributed by atoms with Gasteiger partial charge in [0.15, 0.2) is 0 Å². The Morgan fingerprint density at radius 2 is 2.24 bits per heavy atom. The van der Waals surface area contributed by atoms with E-state index in [2.05, 4.69) is 24.1 Å². The molecule has 0 saturated carbocycles. The van der Waals surface area contributed by atoms with Crippen molar-refractivity contribution in [1.82, 2.24) is 10.2 Å². The van der Waals surface area contributed by atoms with Crippen LogP contribution in [0.5, 0.6) is 0 Å². The lowest BCUT2D eigenvalue weighted by molar-refractivity contribution is -0.117. The maximum absolute atomic E-state index is 11.8. The Morgan fingerprint density at radius 3 is 2.76 bits per heavy atom. The standard InChI is InChI=1S/C13H23N3O/c1-3-16(4-2)10-9-15-13(17)11-5-7-12(14)8-6-11/h5-7,12H,3-4,8-10,14H2,1-2H3,(H,15,17). The molecule has 0 aromatic rings. The molecule has 0 aliphatic heterocycles. The first-order chi connectivity index (χ1) is 8.17. The van der Waals surface area contributed by atoms with Crippen LogP contribution in [0.2, 0.25) is 0 Å². The molecule has 1 unspecified atom stereocenters. The van der Waals surface area contributed by atoms with Gasteiger partial charge < -0.3 is 16.0 Å². The van der Waals surface area contributed by atoms with Crippen molar-refractivity contribution < 1.29 is 4.79 Å². The van der Waals surface area contributed by atoms with Crippen molar-refractivity contribution in [2.45, 2.75) is 26.3 Å². The minimum Gasteiger partial charge on any atom is -0.351 e. The summed E-state index contributed by atoms with van der Waals surface area (Å²) in [6.07, 6.45) is 6.33. The normalized spacial score (nSPS) is 19.3. The van der Waals surface area contributed by atoms with Gasteiger partial charge in [-0.1, -0.05) is 32.1 Å². The number of nitrogens with two attached hydrogens (primary N) is 1. The van der Waals surface area contributed by atoms with E-state index in [1.54, 1.807) is 6.08 Å². The summed E-state index contributed by atoms with van der Waals surface area (Å²) in [5.41, 5.74) is 6.43. The van der Waals surface area contributed by atoms with Gasteiger partial charge in [0.1, 0.15) is 0 Å². The number of hydrogen-bond donors (Lipinski definition) is 2. The Bertz CT molecular complexity index is 306. The molecule has 1 atom stereocenters. The number of likely N-dealkylation sites (N-methyl/N-ethyl adjacent to an activating group) is 1. The fourth-order valence-electron chi connectivity index (χ4n) is 1.77. The van der Waals surface area contributed by atoms with E-state index >= 15 is 0 Å². The smallest absolute Gasteiger partial charge is 0.250 e. The molecule has 0 saturated heterocycles. The van der Waals surface area contributed by atoms with Gasteiger partial charge in [0.05, 0.1) is 0 Å². The number of carbonyl (C=O) groups excluding carboxylic acids is 1. The number of hydrogen-bond acceptors (Lipinski definition) is 3. The Labute approximate surface area is 104 Å². The van der Waals surface area contributed by atoms with Crippen LogP contribution in [0, 0.1) is 0 Å². The van der Waals surface area contributed by atoms with E-state index in [0.717, 1.165) is 31.6 Å². The highest BCUT2D eigenvalue weighted by atomic mass is 16.1. The number of carbonyl (C=O) groups is 1. The van der Waals surface area contributed by atoms with Crippen LogP contribution in [0.25, 0.3) is 0 Å². The molecule has 1 aliphatic carbocycles. The third kappa shape index (κ3) is 4.71. The number of nitrogens with one attached hydrogen (secondary N) is 1. The van der Waals surface area contributed by atoms with Crippen LogP contribution in [0.15, 0.2) is 23.8 Å². The Balaban J connectivity index is 2.28. The fraction of sp³-hybridized carbons (Fsp3) is 0.615. The van der Waals surface area contributed by atoms with Gasteiger partial charge in [0, 0.05) is 24.7 Å². The molecule has 17 heavy (non-hydrogen) atoms. The van der Waals surface area contributed by atoms with Gasteiger partial charge in [-0.05, 0) is 19.5 Å². The van der Waals surface area contributed by atoms with Crippen LogP contribution < -0.4 is 11.1 Å². The van der Waals surface area contributed by atoms with Gasteiger partial charge in [0.25, 0.3) is 5.91 Å². The lowest BCUT2D eigenvalue weighted by Crippen LogP contribution is -2.35. The predicted octanol–water partition coefficient (Wildman–Crippen LogP) is 0.658. The highest BCUT2D eigenvalue weighted by Gasteiger charge is 2.10. The van der Waals surface area contributed by atoms with Crippen molar-refractivity contribution in [3.63, 3.8) is 0 Å². The van der Waals surface area contributed by atoms with Crippen LogP contribution in [-0.2, 0) is 4.79 Å². The van der Waals surface area contributed by atoms with Crippen LogP contribution in [-0.4, -0.2) is 43.0 Å². The van der Waals surface area contributed by atoms with E-state index in [0.29, 0.717) is 6.54 Å². The van der Waals surface area contributed by atoms with Crippen molar-refractivity contribution in [2.75, 3.05) is 26.2 Å². The summed E-state index contributed by atoms with van der Waals surface area (Å²) in [5.74, 6) is 0.000283. The average Bonchev–Trinajstić information content (AvgIpc) is 2.35. The van der Waals surface area contributed by atoms with Gasteiger partial charge in [-0.2, -0.15) is 0 Å². The van der Waals surface area contributed by atoms with Gasteiger partial charge in [-0.25, -0.2) is 0 Å². The zero-order chi connectivity index (χ0) is 12.7. The maximum Gasteiger partial charge on any atom is 0.250 e. The first kappa shape index (κ1) is 13.9. The quantitative estimate of drug-likeness (QED) is 0.713. The van der Waals surface area contributed by atoms with Crippen molar-refractivity contribution >= 4 is 5.91 Å². The van der Waals surface area contributed by atoms with Crippen LogP contribution in [0.4, 0.5) is 0 Å². The maximum atomic E-state index is 11.8. The number of amides is 1. The monoisotopic (exact) mass is 237 g/mol. The van der Waals surface area contributed by atoms with Gasteiger partial charge in [0.2, 0.25) is 0 Å². The summed E-state index contributed by atoms with van der Waals surface area (Å²) in [6.45, 7) is 7.87. The molecule has 1 rings (SSSR count). The molecule has 0 spiro atoms. The molecule has 0 heterocycles. The lowest BCUT2D eigenvalue weighted by Gasteiger charge is -2.18. The molecule has 3 N–H and O–H groups in total. The second-order valence-corrected chi connectivity index (χ2v) is 4.20. The molecule has 0 radical (unpaired) electrons. The SMILES string of the molecule is CCN(CC)CCNC(=O)C1=CCC(N)C=C1. The summed E-state index contributed by atoms with van der Waals surface area (Å²) in [5, 5.41) is 2.93. The molecule has 0 fully saturated rings. The van der Waals surface area contributed by atoms with Crippen LogP contribution in [0.3, 0.4) is 0 Å². The Hall–Kier alpha value is -1.13. The molecule has 0 aromatic carbocycles. The third-order valence-electron chi connectivity index (χ3n) is 3.00. The highest BCUT2D eigenvalue weighted by molar-refractivity contribution is 5.96. The van der Waals surface area contributed by atoms with Crippen LogP contribution in [0.1, 0.15) is 20.3 Å². The molecule has 4 heteroatoms. The van der Waals surface area contributed by atoms with Crippen molar-refractivity contribution in [3.05, 3.63) is 23.8 Å². The average molecular weight is 237 g/mol. The van der Waals surface area contributed by atoms with Gasteiger partial charge in [-0.3, -0.25) is 4.79 Å². The van der Waals surface area contributed by atoms with E-state index < -0.39 is 0 Å². The molecular formula is C13H23N3O. The lowest BCUT2D eigenvalue weighted by atomic mass is 10.0. The molecule has 96 valence electrons. The molecule has 0 bridgehead atoms. The highest BCUT2D eigenvalue weighted by Crippen LogP contribution is 2.08. The fourth-order valence-corrected chi connectivity index (χ4v) is 1.77. The topological polar surface area (TPSA) is 58.4 Å². The first-order valence-electron chi connectivity index (χ1n) is 6.31. The van der Waals surface area contributed by atoms with Crippen molar-refractivity contribution in [1.29, 1.82) is 0 Å². The van der Waals surface area contributed by atoms with Crippen molar-refractivity contribution in [2.24, 2.45) is 5.73 Å². The largest absolute Gasteiger partial charge is 0.351 e. The summed E-state index contributed by atoms with van der Waals surface area (Å²) in [7, 11) is 0. The minimum atomic E-state index is 0.000283. The number of nitrogens with zero attached hydrogens (tertiary/aromatic N) is 1. The van der Waals surface area contributed by atoms with Gasteiger partial charge >= 0.3 is 0 Å². The zero-order valence-corrected chi connectivity index (χ0v) is 10.8. The zero-order valence-electron chi connectivity index (χ0n) is 10.8. The molecular weight excluding hydrogens is 214 g/mol. The van der Waals surface area contributed by atoms with E-state index in [1.165, 1.54) is 0 Å². The summed E-state index contributed by atoms with van der Waals surface area (Å²) < 4.78 is 0. The minimum absolute atomic E-state index is 0.000283. The number of rotatable bonds is 6. The summed E-state index contributed by atoms with van der Waals surface area (Å²) >= 11 is 0. The molecule has 1 aliphatic rings. The van der Waals surface area contributed by atoms with E-state index in [1.807, 2.05) is 12.2 Å². The van der Waals surface area contributed by atoms with E-state index in [-0.39, 0.29) is 11.9 Å². The third-order valence-corrected chi connectivity index (χ3v) is 3.00. The summed E-state index contributed by atoms with van der Waals surface area (Å²) in [6, 6.07) is 0.0576. The second-order valence-electron chi connectivity index (χ2n) is 4.20. The predicted molar refractivity (Wildman–Crippen MR) is 70.6 cm³/mol. The Kier molecular flexibility index (Phi) is 5.94. The van der Waals surface area contributed by atoms with Gasteiger partial charge in [-0.15, -0.1) is 0 Å². The van der Waals surface area contributed by atoms with E-state index in [4.69, 9.17) is 5.73 Å². The molecule has 0 aromatic heterocycles. The first-order valence-corrected chi connectivity index (χ1v) is 6.31. The van der Waals surface area contributed by atoms with E-state index in [9.17, 15) is 4.79 Å². The second kappa shape index (κ2) is 7.25. The van der Waals surface area contributed by atoms with Crippen LogP contribution >= 0.6 is 0 Å². The molecule has 4 nitrogen and oxygen atoms in total. The van der Waals surface area contributed by atoms with Crippen molar-refractivity contribution in [3.8, 4) is 0 Å². The molecule has 1 amide bonds.